The van der Waals surface area contributed by atoms with Gasteiger partial charge in [0.1, 0.15) is 17.3 Å². The number of amides is 2. The summed E-state index contributed by atoms with van der Waals surface area (Å²) in [6, 6.07) is 6.62. The monoisotopic (exact) mass is 389 g/mol. The third-order valence-corrected chi connectivity index (χ3v) is 4.32. The first-order valence-electron chi connectivity index (χ1n) is 8.71. The minimum absolute atomic E-state index is 0.193. The lowest BCUT2D eigenvalue weighted by atomic mass is 10.2. The SMILES string of the molecule is COc1cn2c(cc1=O)C(=O)N(CCNC(=O)COc1ccc(F)cc1)CC2. The van der Waals surface area contributed by atoms with Crippen LogP contribution < -0.4 is 20.2 Å². The topological polar surface area (TPSA) is 89.9 Å². The maximum atomic E-state index is 12.8. The van der Waals surface area contributed by atoms with Crippen molar-refractivity contribution in [2.45, 2.75) is 6.54 Å². The molecule has 0 fully saturated rings. The fourth-order valence-corrected chi connectivity index (χ4v) is 2.84. The maximum absolute atomic E-state index is 12.8. The molecule has 1 aromatic carbocycles. The zero-order valence-corrected chi connectivity index (χ0v) is 15.3. The van der Waals surface area contributed by atoms with Crippen LogP contribution in [0.1, 0.15) is 10.5 Å². The van der Waals surface area contributed by atoms with Crippen molar-refractivity contribution >= 4 is 11.8 Å². The maximum Gasteiger partial charge on any atom is 0.270 e. The summed E-state index contributed by atoms with van der Waals surface area (Å²) < 4.78 is 24.8. The number of rotatable bonds is 7. The minimum Gasteiger partial charge on any atom is -0.491 e. The smallest absolute Gasteiger partial charge is 0.270 e. The molecular formula is C19H20FN3O5. The Bertz CT molecular complexity index is 926. The van der Waals surface area contributed by atoms with Gasteiger partial charge in [-0.25, -0.2) is 4.39 Å². The Balaban J connectivity index is 1.48. The highest BCUT2D eigenvalue weighted by Crippen LogP contribution is 2.14. The van der Waals surface area contributed by atoms with Gasteiger partial charge < -0.3 is 24.3 Å². The summed E-state index contributed by atoms with van der Waals surface area (Å²) in [5.74, 6) is -0.429. The number of benzene rings is 1. The molecule has 9 heteroatoms. The average Bonchev–Trinajstić information content (AvgIpc) is 2.69. The van der Waals surface area contributed by atoms with Crippen LogP contribution in [0.2, 0.25) is 0 Å². The van der Waals surface area contributed by atoms with Crippen LogP contribution in [-0.4, -0.2) is 54.6 Å². The number of nitrogens with zero attached hydrogens (tertiary/aromatic N) is 2. The van der Waals surface area contributed by atoms with E-state index in [1.165, 1.54) is 43.6 Å². The lowest BCUT2D eigenvalue weighted by Gasteiger charge is -2.30. The number of ether oxygens (including phenoxy) is 2. The molecule has 1 aliphatic heterocycles. The Morgan fingerprint density at radius 1 is 1.21 bits per heavy atom. The highest BCUT2D eigenvalue weighted by Gasteiger charge is 2.24. The first-order chi connectivity index (χ1) is 13.5. The average molecular weight is 389 g/mol. The molecule has 1 aromatic heterocycles. The second-order valence-electron chi connectivity index (χ2n) is 6.17. The Morgan fingerprint density at radius 2 is 1.96 bits per heavy atom. The molecule has 0 saturated carbocycles. The summed E-state index contributed by atoms with van der Waals surface area (Å²) in [7, 11) is 1.41. The molecule has 0 atom stereocenters. The zero-order chi connectivity index (χ0) is 20.1. The van der Waals surface area contributed by atoms with Gasteiger partial charge in [0.15, 0.2) is 12.4 Å². The van der Waals surface area contributed by atoms with Crippen LogP contribution >= 0.6 is 0 Å². The van der Waals surface area contributed by atoms with Crippen molar-refractivity contribution in [1.82, 2.24) is 14.8 Å². The minimum atomic E-state index is -0.384. The standard InChI is InChI=1S/C19H20FN3O5/c1-27-17-11-23-9-8-22(19(26)15(23)10-16(17)24)7-6-21-18(25)12-28-14-4-2-13(20)3-5-14/h2-5,10-11H,6-9,12H2,1H3,(H,21,25). The van der Waals surface area contributed by atoms with Gasteiger partial charge >= 0.3 is 0 Å². The van der Waals surface area contributed by atoms with Gasteiger partial charge in [0.25, 0.3) is 11.8 Å². The van der Waals surface area contributed by atoms with Crippen LogP contribution in [0.3, 0.4) is 0 Å². The summed E-state index contributed by atoms with van der Waals surface area (Å²) in [5.41, 5.74) is -0.0572. The van der Waals surface area contributed by atoms with E-state index in [9.17, 15) is 18.8 Å². The predicted octanol–water partition coefficient (Wildman–Crippen LogP) is 0.647. The molecule has 0 unspecified atom stereocenters. The molecule has 0 bridgehead atoms. The van der Waals surface area contributed by atoms with Crippen LogP contribution in [0, 0.1) is 5.82 Å². The van der Waals surface area contributed by atoms with E-state index in [4.69, 9.17) is 9.47 Å². The van der Waals surface area contributed by atoms with Crippen LogP contribution in [0.15, 0.2) is 41.3 Å². The van der Waals surface area contributed by atoms with Crippen LogP contribution in [0.5, 0.6) is 11.5 Å². The molecule has 0 spiro atoms. The van der Waals surface area contributed by atoms with E-state index in [1.807, 2.05) is 0 Å². The van der Waals surface area contributed by atoms with E-state index < -0.39 is 0 Å². The highest BCUT2D eigenvalue weighted by atomic mass is 19.1. The number of pyridine rings is 1. The number of fused-ring (bicyclic) bond motifs is 1. The number of hydrogen-bond acceptors (Lipinski definition) is 5. The van der Waals surface area contributed by atoms with Crippen LogP contribution in [0.4, 0.5) is 4.39 Å². The van der Waals surface area contributed by atoms with E-state index >= 15 is 0 Å². The molecule has 3 rings (SSSR count). The summed E-state index contributed by atoms with van der Waals surface area (Å²) in [6.45, 7) is 1.33. The molecule has 28 heavy (non-hydrogen) atoms. The summed E-state index contributed by atoms with van der Waals surface area (Å²) in [6.07, 6.45) is 1.53. The van der Waals surface area contributed by atoms with Gasteiger partial charge in [-0.05, 0) is 24.3 Å². The molecule has 0 saturated heterocycles. The fourth-order valence-electron chi connectivity index (χ4n) is 2.84. The summed E-state index contributed by atoms with van der Waals surface area (Å²) >= 11 is 0. The van der Waals surface area contributed by atoms with Gasteiger partial charge in [0.2, 0.25) is 5.43 Å². The van der Waals surface area contributed by atoms with Crippen molar-refractivity contribution in [3.63, 3.8) is 0 Å². The number of methoxy groups -OCH3 is 1. The molecule has 0 radical (unpaired) electrons. The molecular weight excluding hydrogens is 369 g/mol. The molecule has 2 amide bonds. The Morgan fingerprint density at radius 3 is 2.68 bits per heavy atom. The van der Waals surface area contributed by atoms with E-state index in [2.05, 4.69) is 5.32 Å². The number of nitrogens with one attached hydrogen (secondary N) is 1. The molecule has 148 valence electrons. The van der Waals surface area contributed by atoms with Crippen molar-refractivity contribution in [2.24, 2.45) is 0 Å². The Hall–Kier alpha value is -3.36. The normalized spacial score (nSPS) is 13.1. The number of hydrogen-bond donors (Lipinski definition) is 1. The number of halogens is 1. The van der Waals surface area contributed by atoms with Gasteiger partial charge in [0.05, 0.1) is 13.3 Å². The second kappa shape index (κ2) is 8.55. The number of aromatic nitrogens is 1. The highest BCUT2D eigenvalue weighted by molar-refractivity contribution is 5.93. The second-order valence-corrected chi connectivity index (χ2v) is 6.17. The van der Waals surface area contributed by atoms with E-state index in [0.29, 0.717) is 31.1 Å². The molecule has 2 aromatic rings. The molecule has 1 aliphatic rings. The third-order valence-electron chi connectivity index (χ3n) is 4.32. The van der Waals surface area contributed by atoms with Crippen LogP contribution in [-0.2, 0) is 11.3 Å². The fraction of sp³-hybridized carbons (Fsp3) is 0.316. The van der Waals surface area contributed by atoms with Crippen molar-refractivity contribution in [3.05, 3.63) is 58.3 Å². The van der Waals surface area contributed by atoms with Crippen molar-refractivity contribution in [1.29, 1.82) is 0 Å². The van der Waals surface area contributed by atoms with Gasteiger partial charge in [-0.15, -0.1) is 0 Å². The van der Waals surface area contributed by atoms with Crippen LogP contribution in [0.25, 0.3) is 0 Å². The predicted molar refractivity (Wildman–Crippen MR) is 98.1 cm³/mol. The Kier molecular flexibility index (Phi) is 5.93. The number of carbonyl (C=O) groups excluding carboxylic acids is 2. The van der Waals surface area contributed by atoms with Gasteiger partial charge in [-0.2, -0.15) is 0 Å². The lowest BCUT2D eigenvalue weighted by molar-refractivity contribution is -0.123. The first-order valence-corrected chi connectivity index (χ1v) is 8.71. The Labute approximate surface area is 160 Å². The molecule has 8 nitrogen and oxygen atoms in total. The van der Waals surface area contributed by atoms with Gasteiger partial charge in [-0.3, -0.25) is 14.4 Å². The van der Waals surface area contributed by atoms with Crippen molar-refractivity contribution in [3.8, 4) is 11.5 Å². The van der Waals surface area contributed by atoms with Gasteiger partial charge in [-0.1, -0.05) is 0 Å². The van der Waals surface area contributed by atoms with E-state index in [1.54, 1.807) is 9.47 Å². The van der Waals surface area contributed by atoms with E-state index in [0.717, 1.165) is 0 Å². The van der Waals surface area contributed by atoms with Crippen molar-refractivity contribution < 1.29 is 23.5 Å². The lowest BCUT2D eigenvalue weighted by Crippen LogP contribution is -2.45. The largest absolute Gasteiger partial charge is 0.491 e. The molecule has 0 aliphatic carbocycles. The van der Waals surface area contributed by atoms with Gasteiger partial charge in [0, 0.05) is 32.2 Å². The molecule has 2 heterocycles. The first kappa shape index (κ1) is 19.4. The van der Waals surface area contributed by atoms with E-state index in [-0.39, 0.29) is 42.0 Å². The zero-order valence-electron chi connectivity index (χ0n) is 15.3. The summed E-state index contributed by atoms with van der Waals surface area (Å²) in [4.78, 5) is 37.8. The third kappa shape index (κ3) is 4.48. The summed E-state index contributed by atoms with van der Waals surface area (Å²) in [5, 5.41) is 2.67. The van der Waals surface area contributed by atoms with Crippen molar-refractivity contribution in [2.75, 3.05) is 33.4 Å². The number of carbonyl (C=O) groups is 2. The molecule has 1 N–H and O–H groups in total. The quantitative estimate of drug-likeness (QED) is 0.751.